The molecule has 0 aromatic rings. The molecule has 0 amide bonds. The summed E-state index contributed by atoms with van der Waals surface area (Å²) in [6, 6.07) is 0. The first-order valence-corrected chi connectivity index (χ1v) is 12.7. The lowest BCUT2D eigenvalue weighted by molar-refractivity contribution is 0.574. The maximum atomic E-state index is 4.49. The maximum absolute atomic E-state index is 4.49. The molecule has 0 aromatic carbocycles. The number of hydrogen-bond acceptors (Lipinski definition) is 2. The van der Waals surface area contributed by atoms with Crippen LogP contribution >= 0.6 is 0 Å². The van der Waals surface area contributed by atoms with Gasteiger partial charge in [-0.15, -0.1) is 0 Å². The molecule has 1 unspecified atom stereocenters. The number of rotatable bonds is 2. The molecule has 1 rings (SSSR count). The average molecular weight is 240 g/mol. The van der Waals surface area contributed by atoms with E-state index >= 15 is 0 Å². The fourth-order valence-electron chi connectivity index (χ4n) is 2.24. The van der Waals surface area contributed by atoms with Crippen molar-refractivity contribution in [2.75, 3.05) is 0 Å². The fraction of sp³-hybridized carbons (Fsp3) is 0.727. The smallest absolute Gasteiger partial charge is 0.147 e. The molecule has 2 nitrogen and oxygen atoms in total. The Bertz CT molecular complexity index is 295. The summed E-state index contributed by atoms with van der Waals surface area (Å²) in [6.07, 6.45) is 4.17. The van der Waals surface area contributed by atoms with Gasteiger partial charge in [0.1, 0.15) is 8.24 Å². The van der Waals surface area contributed by atoms with Crippen molar-refractivity contribution in [3.8, 4) is 0 Å². The van der Waals surface area contributed by atoms with Crippen molar-refractivity contribution < 1.29 is 0 Å². The van der Waals surface area contributed by atoms with Crippen LogP contribution in [0.2, 0.25) is 39.3 Å². The third-order valence-electron chi connectivity index (χ3n) is 2.77. The minimum Gasteiger partial charge on any atom is -0.397 e. The minimum atomic E-state index is -1.27. The highest BCUT2D eigenvalue weighted by atomic mass is 28.3. The predicted octanol–water partition coefficient (Wildman–Crippen LogP) is 3.32. The van der Waals surface area contributed by atoms with E-state index in [1.54, 1.807) is 0 Å². The lowest BCUT2D eigenvalue weighted by Gasteiger charge is -2.46. The van der Waals surface area contributed by atoms with E-state index in [0.29, 0.717) is 5.67 Å². The molecule has 0 aliphatic carbocycles. The van der Waals surface area contributed by atoms with Crippen LogP contribution in [0.25, 0.3) is 0 Å². The summed E-state index contributed by atoms with van der Waals surface area (Å²) in [5.74, 6) is 0. The Labute approximate surface area is 96.2 Å². The van der Waals surface area contributed by atoms with E-state index in [4.69, 9.17) is 0 Å². The summed E-state index contributed by atoms with van der Waals surface area (Å²) >= 11 is 0. The number of nitrogens with zero attached hydrogens (tertiary/aromatic N) is 2. The third kappa shape index (κ3) is 2.81. The molecule has 0 radical (unpaired) electrons. The van der Waals surface area contributed by atoms with Gasteiger partial charge in [-0.2, -0.15) is 0 Å². The molecular weight excluding hydrogens is 216 g/mol. The van der Waals surface area contributed by atoms with Gasteiger partial charge in [-0.1, -0.05) is 39.3 Å². The quantitative estimate of drug-likeness (QED) is 0.676. The molecule has 0 saturated carbocycles. The molecule has 1 aliphatic heterocycles. The molecule has 1 heterocycles. The molecule has 0 spiro atoms. The Hall–Kier alpha value is -0.356. The molecule has 0 N–H and O–H groups in total. The number of aliphatic imine (C=N–C) groups is 1. The van der Waals surface area contributed by atoms with Gasteiger partial charge in [0.05, 0.1) is 8.07 Å². The highest BCUT2D eigenvalue weighted by Gasteiger charge is 2.39. The van der Waals surface area contributed by atoms with Crippen LogP contribution in [0.15, 0.2) is 17.4 Å². The second-order valence-electron chi connectivity index (χ2n) is 6.42. The second-order valence-corrected chi connectivity index (χ2v) is 16.6. The Morgan fingerprint density at radius 1 is 1.13 bits per heavy atom. The summed E-state index contributed by atoms with van der Waals surface area (Å²) in [6.45, 7) is 16.7. The van der Waals surface area contributed by atoms with Gasteiger partial charge in [0.15, 0.2) is 0 Å². The van der Waals surface area contributed by atoms with Crippen LogP contribution in [0.5, 0.6) is 0 Å². The van der Waals surface area contributed by atoms with Crippen molar-refractivity contribution in [1.29, 1.82) is 0 Å². The maximum Gasteiger partial charge on any atom is 0.147 e. The summed E-state index contributed by atoms with van der Waals surface area (Å²) in [7, 11) is -2.48. The molecule has 0 bridgehead atoms. The normalized spacial score (nSPS) is 23.0. The zero-order valence-corrected chi connectivity index (χ0v) is 13.1. The van der Waals surface area contributed by atoms with Crippen molar-refractivity contribution in [3.63, 3.8) is 0 Å². The topological polar surface area (TPSA) is 15.6 Å². The summed E-state index contributed by atoms with van der Waals surface area (Å²) in [5.41, 5.74) is 1.90. The average Bonchev–Trinajstić information content (AvgIpc) is 1.99. The van der Waals surface area contributed by atoms with Crippen molar-refractivity contribution in [3.05, 3.63) is 12.4 Å². The Balaban J connectivity index is 3.08. The van der Waals surface area contributed by atoms with E-state index in [0.717, 1.165) is 0 Å². The van der Waals surface area contributed by atoms with E-state index in [1.165, 1.54) is 5.71 Å². The first-order chi connectivity index (χ1) is 6.64. The van der Waals surface area contributed by atoms with Gasteiger partial charge < -0.3 is 4.57 Å². The Morgan fingerprint density at radius 3 is 2.00 bits per heavy atom. The molecule has 4 heteroatoms. The largest absolute Gasteiger partial charge is 0.397 e. The first-order valence-electron chi connectivity index (χ1n) is 5.63. The fourth-order valence-corrected chi connectivity index (χ4v) is 8.28. The molecular formula is C11H24N2Si2. The number of hydrogen-bond donors (Lipinski definition) is 0. The molecule has 1 atom stereocenters. The van der Waals surface area contributed by atoms with Gasteiger partial charge in [0, 0.05) is 23.8 Å². The van der Waals surface area contributed by atoms with Crippen molar-refractivity contribution in [2.24, 2.45) is 4.99 Å². The van der Waals surface area contributed by atoms with Crippen LogP contribution in [0, 0.1) is 0 Å². The molecule has 15 heavy (non-hydrogen) atoms. The predicted molar refractivity (Wildman–Crippen MR) is 74.6 cm³/mol. The molecule has 0 saturated heterocycles. The van der Waals surface area contributed by atoms with Gasteiger partial charge in [-0.25, -0.2) is 0 Å². The van der Waals surface area contributed by atoms with Crippen molar-refractivity contribution in [2.45, 2.75) is 51.9 Å². The Morgan fingerprint density at radius 2 is 1.67 bits per heavy atom. The van der Waals surface area contributed by atoms with E-state index < -0.39 is 16.3 Å². The van der Waals surface area contributed by atoms with Gasteiger partial charge >= 0.3 is 0 Å². The van der Waals surface area contributed by atoms with Gasteiger partial charge in [0.2, 0.25) is 0 Å². The van der Waals surface area contributed by atoms with E-state index in [2.05, 4.69) is 62.0 Å². The van der Waals surface area contributed by atoms with Crippen LogP contribution in [0.4, 0.5) is 0 Å². The molecule has 0 fully saturated rings. The van der Waals surface area contributed by atoms with E-state index in [-0.39, 0.29) is 0 Å². The van der Waals surface area contributed by atoms with Gasteiger partial charge in [-0.3, -0.25) is 4.99 Å². The summed E-state index contributed by atoms with van der Waals surface area (Å²) < 4.78 is 2.61. The summed E-state index contributed by atoms with van der Waals surface area (Å²) in [4.78, 5) is 4.49. The van der Waals surface area contributed by atoms with E-state index in [9.17, 15) is 0 Å². The van der Waals surface area contributed by atoms with Crippen LogP contribution in [0.3, 0.4) is 0 Å². The van der Waals surface area contributed by atoms with Crippen LogP contribution in [-0.4, -0.2) is 32.3 Å². The monoisotopic (exact) mass is 240 g/mol. The second kappa shape index (κ2) is 3.90. The van der Waals surface area contributed by atoms with Crippen molar-refractivity contribution >= 4 is 22.0 Å². The molecule has 86 valence electrons. The van der Waals surface area contributed by atoms with Crippen LogP contribution < -0.4 is 0 Å². The first kappa shape index (κ1) is 12.7. The van der Waals surface area contributed by atoms with Crippen LogP contribution in [0.1, 0.15) is 6.92 Å². The lowest BCUT2D eigenvalue weighted by atomic mass is 10.4. The zero-order valence-electron chi connectivity index (χ0n) is 11.1. The van der Waals surface area contributed by atoms with Gasteiger partial charge in [0.25, 0.3) is 0 Å². The zero-order chi connectivity index (χ0) is 11.9. The molecule has 0 aromatic heterocycles. The minimum absolute atomic E-state index is 0.592. The van der Waals surface area contributed by atoms with Crippen molar-refractivity contribution in [1.82, 2.24) is 4.57 Å². The van der Waals surface area contributed by atoms with Gasteiger partial charge in [-0.05, 0) is 6.92 Å². The Kier molecular flexibility index (Phi) is 3.31. The SMILES string of the molecule is CC1=NC=CN([Si](C)(C)C)C1[Si](C)(C)C. The van der Waals surface area contributed by atoms with E-state index in [1.807, 2.05) is 6.20 Å². The highest BCUT2D eigenvalue weighted by molar-refractivity contribution is 6.83. The highest BCUT2D eigenvalue weighted by Crippen LogP contribution is 2.25. The molecule has 1 aliphatic rings. The third-order valence-corrected chi connectivity index (χ3v) is 7.33. The lowest BCUT2D eigenvalue weighted by Crippen LogP contribution is -2.61. The standard InChI is InChI=1S/C11H24N2Si2/c1-10-11(14(2,3)4)13(9-8-12-10)15(5,6)7/h8-9,11H,1-7H3. The summed E-state index contributed by atoms with van der Waals surface area (Å²) in [5, 5.41) is 0. The van der Waals surface area contributed by atoms with Crippen LogP contribution in [-0.2, 0) is 0 Å².